The molecular formula is C63H44N4O2. The van der Waals surface area contributed by atoms with Crippen LogP contribution >= 0.6 is 0 Å². The zero-order chi connectivity index (χ0) is 45.0. The van der Waals surface area contributed by atoms with Gasteiger partial charge in [-0.2, -0.15) is 9.97 Å². The molecule has 4 bridgehead atoms. The lowest BCUT2D eigenvalue weighted by molar-refractivity contribution is -0.0399. The molecule has 0 radical (unpaired) electrons. The molecule has 6 heteroatoms. The maximum atomic E-state index is 6.45. The average molecular weight is 889 g/mol. The molecule has 0 saturated heterocycles. The van der Waals surface area contributed by atoms with Crippen molar-refractivity contribution < 1.29 is 9.47 Å². The molecular weight excluding hydrogens is 845 g/mol. The number of nitrogens with zero attached hydrogens (tertiary/aromatic N) is 4. The maximum Gasteiger partial charge on any atom is 0.238 e. The van der Waals surface area contributed by atoms with Crippen LogP contribution in [0.5, 0.6) is 23.0 Å². The van der Waals surface area contributed by atoms with Gasteiger partial charge >= 0.3 is 0 Å². The van der Waals surface area contributed by atoms with Gasteiger partial charge < -0.3 is 9.47 Å². The standard InChI is InChI=1S/C63H44N4O2/c1-3-18-48-46(16-1)58(38-25-27-43-42-13-5-8-20-50(42)63(51(43)34-38)40-30-36-29-37(32-40)33-41(63)31-36)47-17-2-4-19-49(47)59(48)61-64-60(39-26-28-56-57(35-39)69-55-24-12-11-23-54(55)68-56)65-62(66-61)67-52-21-9-6-14-44(52)45-15-7-10-22-53(45)67/h1-28,34-37,40-41H,29-33H2. The molecule has 1 aliphatic heterocycles. The number of aromatic nitrogens is 4. The number of para-hydroxylation sites is 4. The second-order valence-corrected chi connectivity index (χ2v) is 20.3. The number of hydrogen-bond donors (Lipinski definition) is 0. The van der Waals surface area contributed by atoms with Crippen molar-refractivity contribution in [2.75, 3.05) is 0 Å². The van der Waals surface area contributed by atoms with Crippen molar-refractivity contribution in [2.24, 2.45) is 23.7 Å². The summed E-state index contributed by atoms with van der Waals surface area (Å²) in [7, 11) is 0. The van der Waals surface area contributed by atoms with Gasteiger partial charge in [0.15, 0.2) is 34.6 Å². The molecule has 6 nitrogen and oxygen atoms in total. The van der Waals surface area contributed by atoms with Crippen LogP contribution in [0.25, 0.3) is 94.3 Å². The van der Waals surface area contributed by atoms with Crippen LogP contribution in [0.4, 0.5) is 0 Å². The SMILES string of the molecule is c1ccc2c(c1)Oc1ccc(-c3nc(-c4c5ccccc5c(-c5ccc6c(c5)C5(c7ccccc7-6)C6CC7CC(C6)CC5C7)c5ccccc45)nc(-n4c5ccccc5c5ccccc54)n3)cc1O2. The Morgan fingerprint density at radius 2 is 0.899 bits per heavy atom. The first-order valence-corrected chi connectivity index (χ1v) is 24.7. The van der Waals surface area contributed by atoms with E-state index in [9.17, 15) is 0 Å². The molecule has 17 rings (SSSR count). The highest BCUT2D eigenvalue weighted by Crippen LogP contribution is 2.69. The Balaban J connectivity index is 0.936. The van der Waals surface area contributed by atoms with Gasteiger partial charge in [-0.15, -0.1) is 0 Å². The third-order valence-corrected chi connectivity index (χ3v) is 16.9. The van der Waals surface area contributed by atoms with Crippen LogP contribution in [0.2, 0.25) is 0 Å². The molecule has 5 aliphatic carbocycles. The Morgan fingerprint density at radius 1 is 0.391 bits per heavy atom. The number of hydrogen-bond acceptors (Lipinski definition) is 5. The van der Waals surface area contributed by atoms with E-state index >= 15 is 0 Å². The first kappa shape index (κ1) is 37.9. The molecule has 0 N–H and O–H groups in total. The van der Waals surface area contributed by atoms with E-state index in [2.05, 4.69) is 144 Å². The second kappa shape index (κ2) is 14.0. The average Bonchev–Trinajstić information content (AvgIpc) is 3.89. The van der Waals surface area contributed by atoms with Crippen LogP contribution in [-0.4, -0.2) is 19.5 Å². The van der Waals surface area contributed by atoms with Gasteiger partial charge in [-0.05, 0) is 159 Å². The number of fused-ring (bicyclic) bond motifs is 10. The molecule has 4 fully saturated rings. The Morgan fingerprint density at radius 3 is 1.57 bits per heavy atom. The Hall–Kier alpha value is -8.09. The predicted molar refractivity (Wildman–Crippen MR) is 275 cm³/mol. The summed E-state index contributed by atoms with van der Waals surface area (Å²) in [5.41, 5.74) is 12.5. The number of ether oxygens (including phenoxy) is 2. The summed E-state index contributed by atoms with van der Waals surface area (Å²) in [6.07, 6.45) is 6.87. The molecule has 4 saturated carbocycles. The third-order valence-electron chi connectivity index (χ3n) is 16.9. The van der Waals surface area contributed by atoms with Crippen LogP contribution < -0.4 is 9.47 Å². The van der Waals surface area contributed by atoms with Crippen LogP contribution in [0.15, 0.2) is 182 Å². The quantitative estimate of drug-likeness (QED) is 0.165. The lowest BCUT2D eigenvalue weighted by Crippen LogP contribution is -2.55. The summed E-state index contributed by atoms with van der Waals surface area (Å²) >= 11 is 0. The first-order chi connectivity index (χ1) is 34.2. The molecule has 11 aromatic rings. The van der Waals surface area contributed by atoms with Gasteiger partial charge in [0, 0.05) is 27.3 Å². The zero-order valence-electron chi connectivity index (χ0n) is 37.8. The summed E-state index contributed by atoms with van der Waals surface area (Å²) in [5, 5.41) is 6.84. The van der Waals surface area contributed by atoms with E-state index in [1.807, 2.05) is 42.5 Å². The van der Waals surface area contributed by atoms with E-state index in [1.54, 1.807) is 11.1 Å². The van der Waals surface area contributed by atoms with E-state index in [0.29, 0.717) is 52.4 Å². The highest BCUT2D eigenvalue weighted by Gasteiger charge is 2.61. The largest absolute Gasteiger partial charge is 0.450 e. The number of benzene rings is 9. The topological polar surface area (TPSA) is 62.1 Å². The Kier molecular flexibility index (Phi) is 7.69. The summed E-state index contributed by atoms with van der Waals surface area (Å²) in [4.78, 5) is 16.4. The van der Waals surface area contributed by atoms with E-state index < -0.39 is 0 Å². The van der Waals surface area contributed by atoms with Crippen LogP contribution in [0.3, 0.4) is 0 Å². The fourth-order valence-corrected chi connectivity index (χ4v) is 14.5. The fourth-order valence-electron chi connectivity index (χ4n) is 14.5. The molecule has 69 heavy (non-hydrogen) atoms. The summed E-state index contributed by atoms with van der Waals surface area (Å²) in [6, 6.07) is 65.5. The minimum absolute atomic E-state index is 0.0721. The summed E-state index contributed by atoms with van der Waals surface area (Å²) in [6.45, 7) is 0. The van der Waals surface area contributed by atoms with Gasteiger partial charge in [-0.3, -0.25) is 4.57 Å². The van der Waals surface area contributed by atoms with Gasteiger partial charge in [0.05, 0.1) is 11.0 Å². The van der Waals surface area contributed by atoms with E-state index in [4.69, 9.17) is 24.4 Å². The van der Waals surface area contributed by atoms with Crippen molar-refractivity contribution in [2.45, 2.75) is 37.5 Å². The molecule has 0 amide bonds. The van der Waals surface area contributed by atoms with Crippen molar-refractivity contribution in [1.82, 2.24) is 19.5 Å². The Labute approximate surface area is 398 Å². The van der Waals surface area contributed by atoms with E-state index in [0.717, 1.165) is 55.5 Å². The number of rotatable bonds is 4. The molecule has 0 unspecified atom stereocenters. The monoisotopic (exact) mass is 888 g/mol. The molecule has 2 aromatic heterocycles. The highest BCUT2D eigenvalue weighted by atomic mass is 16.6. The smallest absolute Gasteiger partial charge is 0.238 e. The highest BCUT2D eigenvalue weighted by molar-refractivity contribution is 6.21. The Bertz CT molecular complexity index is 3880. The first-order valence-electron chi connectivity index (χ1n) is 24.7. The van der Waals surface area contributed by atoms with Crippen molar-refractivity contribution in [3.05, 3.63) is 193 Å². The third kappa shape index (κ3) is 5.23. The molecule has 1 spiro atoms. The van der Waals surface area contributed by atoms with Crippen molar-refractivity contribution in [1.29, 1.82) is 0 Å². The molecule has 0 atom stereocenters. The van der Waals surface area contributed by atoms with Gasteiger partial charge in [0.1, 0.15) is 0 Å². The van der Waals surface area contributed by atoms with Crippen LogP contribution in [0, 0.1) is 23.7 Å². The lowest BCUT2D eigenvalue weighted by atomic mass is 9.43. The molecule has 3 heterocycles. The van der Waals surface area contributed by atoms with Crippen molar-refractivity contribution in [3.8, 4) is 74.0 Å². The minimum atomic E-state index is 0.0721. The van der Waals surface area contributed by atoms with Gasteiger partial charge in [0.2, 0.25) is 5.95 Å². The van der Waals surface area contributed by atoms with Crippen molar-refractivity contribution >= 4 is 43.4 Å². The minimum Gasteiger partial charge on any atom is -0.450 e. The fraction of sp³-hybridized carbons (Fsp3) is 0.159. The van der Waals surface area contributed by atoms with Crippen LogP contribution in [0.1, 0.15) is 43.2 Å². The molecule has 6 aliphatic rings. The summed E-state index contributed by atoms with van der Waals surface area (Å²) in [5.74, 6) is 7.45. The van der Waals surface area contributed by atoms with Gasteiger partial charge in [0.25, 0.3) is 0 Å². The van der Waals surface area contributed by atoms with Gasteiger partial charge in [-0.1, -0.05) is 133 Å². The maximum absolute atomic E-state index is 6.45. The summed E-state index contributed by atoms with van der Waals surface area (Å²) < 4.78 is 14.9. The van der Waals surface area contributed by atoms with Crippen molar-refractivity contribution in [3.63, 3.8) is 0 Å². The zero-order valence-corrected chi connectivity index (χ0v) is 37.8. The molecule has 328 valence electrons. The lowest BCUT2D eigenvalue weighted by Gasteiger charge is -2.61. The predicted octanol–water partition coefficient (Wildman–Crippen LogP) is 15.9. The van der Waals surface area contributed by atoms with E-state index in [-0.39, 0.29) is 5.41 Å². The van der Waals surface area contributed by atoms with E-state index in [1.165, 1.54) is 65.1 Å². The normalized spacial score (nSPS) is 21.3. The van der Waals surface area contributed by atoms with Crippen LogP contribution in [-0.2, 0) is 5.41 Å². The van der Waals surface area contributed by atoms with Gasteiger partial charge in [-0.25, -0.2) is 4.98 Å². The molecule has 9 aromatic carbocycles. The second-order valence-electron chi connectivity index (χ2n) is 20.3.